The van der Waals surface area contributed by atoms with Gasteiger partial charge in [-0.05, 0) is 33.2 Å². The predicted octanol–water partition coefficient (Wildman–Crippen LogP) is -0.122. The van der Waals surface area contributed by atoms with Gasteiger partial charge in [0.2, 0.25) is 5.91 Å². The summed E-state index contributed by atoms with van der Waals surface area (Å²) in [4.78, 5) is 25.7. The number of carbonyl (C=O) groups is 2. The molecule has 0 radical (unpaired) electrons. The van der Waals surface area contributed by atoms with Crippen LogP contribution in [0.5, 0.6) is 0 Å². The van der Waals surface area contributed by atoms with Crippen molar-refractivity contribution in [1.82, 2.24) is 14.7 Å². The van der Waals surface area contributed by atoms with E-state index in [2.05, 4.69) is 5.10 Å². The molecule has 0 saturated carbocycles. The van der Waals surface area contributed by atoms with Crippen LogP contribution < -0.4 is 11.5 Å². The van der Waals surface area contributed by atoms with E-state index < -0.39 is 5.41 Å². The Labute approximate surface area is 124 Å². The van der Waals surface area contributed by atoms with E-state index in [0.29, 0.717) is 38.2 Å². The monoisotopic (exact) mass is 293 g/mol. The van der Waals surface area contributed by atoms with Crippen LogP contribution in [0.25, 0.3) is 0 Å². The average molecular weight is 293 g/mol. The van der Waals surface area contributed by atoms with Crippen molar-refractivity contribution in [3.05, 3.63) is 17.5 Å². The minimum atomic E-state index is -0.626. The van der Waals surface area contributed by atoms with E-state index in [1.165, 1.54) is 0 Å². The topological polar surface area (TPSA) is 107 Å². The Morgan fingerprint density at radius 1 is 1.48 bits per heavy atom. The van der Waals surface area contributed by atoms with E-state index in [1.54, 1.807) is 22.7 Å². The molecule has 21 heavy (non-hydrogen) atoms. The van der Waals surface area contributed by atoms with E-state index >= 15 is 0 Å². The van der Waals surface area contributed by atoms with E-state index in [-0.39, 0.29) is 11.8 Å². The molecule has 2 rings (SSSR count). The second kappa shape index (κ2) is 5.85. The summed E-state index contributed by atoms with van der Waals surface area (Å²) in [5, 5.41) is 4.24. The molecule has 1 aliphatic rings. The molecule has 1 aliphatic heterocycles. The first kappa shape index (κ1) is 15.5. The fourth-order valence-corrected chi connectivity index (χ4v) is 2.63. The van der Waals surface area contributed by atoms with Crippen molar-refractivity contribution in [3.8, 4) is 0 Å². The molecule has 4 N–H and O–H groups in total. The number of hydrogen-bond acceptors (Lipinski definition) is 4. The van der Waals surface area contributed by atoms with Crippen LogP contribution >= 0.6 is 0 Å². The van der Waals surface area contributed by atoms with Gasteiger partial charge >= 0.3 is 0 Å². The number of likely N-dealkylation sites (tertiary alicyclic amines) is 1. The van der Waals surface area contributed by atoms with Gasteiger partial charge in [-0.3, -0.25) is 14.3 Å². The van der Waals surface area contributed by atoms with Gasteiger partial charge in [-0.1, -0.05) is 0 Å². The predicted molar refractivity (Wildman–Crippen MR) is 78.5 cm³/mol. The van der Waals surface area contributed by atoms with Crippen molar-refractivity contribution in [2.24, 2.45) is 16.9 Å². The Hall–Kier alpha value is -1.89. The lowest BCUT2D eigenvalue weighted by atomic mass is 9.89. The highest BCUT2D eigenvalue weighted by molar-refractivity contribution is 5.96. The number of carbonyl (C=O) groups excluding carboxylic acids is 2. The summed E-state index contributed by atoms with van der Waals surface area (Å²) >= 11 is 0. The molecule has 116 valence electrons. The van der Waals surface area contributed by atoms with E-state index in [4.69, 9.17) is 11.5 Å². The molecule has 1 saturated heterocycles. The molecule has 1 aromatic rings. The molecule has 1 fully saturated rings. The maximum atomic E-state index is 12.6. The van der Waals surface area contributed by atoms with Gasteiger partial charge in [-0.15, -0.1) is 0 Å². The summed E-state index contributed by atoms with van der Waals surface area (Å²) in [6.07, 6.45) is 3.02. The highest BCUT2D eigenvalue weighted by Crippen LogP contribution is 2.30. The number of primary amides is 1. The molecule has 0 aliphatic carbocycles. The zero-order valence-electron chi connectivity index (χ0n) is 12.6. The molecule has 1 unspecified atom stereocenters. The van der Waals surface area contributed by atoms with Gasteiger partial charge in [-0.25, -0.2) is 0 Å². The SMILES string of the molecule is Cc1c(C(=O)N2CCC(C)(C(N)=O)C2)cnn1CCCN. The molecule has 7 nitrogen and oxygen atoms in total. The lowest BCUT2D eigenvalue weighted by Gasteiger charge is -2.21. The molecule has 2 amide bonds. The van der Waals surface area contributed by atoms with Gasteiger partial charge in [0.25, 0.3) is 5.91 Å². The van der Waals surface area contributed by atoms with Crippen molar-refractivity contribution in [1.29, 1.82) is 0 Å². The van der Waals surface area contributed by atoms with Crippen LogP contribution in [0.2, 0.25) is 0 Å². The minimum Gasteiger partial charge on any atom is -0.369 e. The van der Waals surface area contributed by atoms with Gasteiger partial charge in [0, 0.05) is 25.3 Å². The number of aromatic nitrogens is 2. The fourth-order valence-electron chi connectivity index (χ4n) is 2.63. The smallest absolute Gasteiger partial charge is 0.257 e. The lowest BCUT2D eigenvalue weighted by molar-refractivity contribution is -0.126. The third-order valence-corrected chi connectivity index (χ3v) is 4.26. The highest BCUT2D eigenvalue weighted by atomic mass is 16.2. The van der Waals surface area contributed by atoms with Crippen molar-refractivity contribution in [3.63, 3.8) is 0 Å². The maximum Gasteiger partial charge on any atom is 0.257 e. The summed E-state index contributed by atoms with van der Waals surface area (Å²) in [6.45, 7) is 5.89. The van der Waals surface area contributed by atoms with Crippen LogP contribution in [0.3, 0.4) is 0 Å². The number of amides is 2. The average Bonchev–Trinajstić information content (AvgIpc) is 3.01. The zero-order chi connectivity index (χ0) is 15.6. The Morgan fingerprint density at radius 3 is 2.76 bits per heavy atom. The Kier molecular flexibility index (Phi) is 4.32. The van der Waals surface area contributed by atoms with Gasteiger partial charge in [0.15, 0.2) is 0 Å². The summed E-state index contributed by atoms with van der Waals surface area (Å²) in [5.41, 5.74) is 11.7. The summed E-state index contributed by atoms with van der Waals surface area (Å²) in [5.74, 6) is -0.440. The van der Waals surface area contributed by atoms with Crippen molar-refractivity contribution >= 4 is 11.8 Å². The number of nitrogens with zero attached hydrogens (tertiary/aromatic N) is 3. The fraction of sp³-hybridized carbons (Fsp3) is 0.643. The molecule has 1 atom stereocenters. The summed E-state index contributed by atoms with van der Waals surface area (Å²) in [6, 6.07) is 0. The first-order valence-electron chi connectivity index (χ1n) is 7.21. The summed E-state index contributed by atoms with van der Waals surface area (Å²) in [7, 11) is 0. The number of hydrogen-bond donors (Lipinski definition) is 2. The minimum absolute atomic E-state index is 0.0866. The third kappa shape index (κ3) is 2.92. The molecule has 1 aromatic heterocycles. The van der Waals surface area contributed by atoms with Gasteiger partial charge in [0.1, 0.15) is 0 Å². The lowest BCUT2D eigenvalue weighted by Crippen LogP contribution is -2.38. The van der Waals surface area contributed by atoms with Gasteiger partial charge in [0.05, 0.1) is 17.2 Å². The molecule has 0 bridgehead atoms. The van der Waals surface area contributed by atoms with Crippen molar-refractivity contribution in [2.45, 2.75) is 33.2 Å². The number of aryl methyl sites for hydroxylation is 1. The number of nitrogens with two attached hydrogens (primary N) is 2. The Bertz CT molecular complexity index is 554. The second-order valence-electron chi connectivity index (χ2n) is 5.91. The molecular weight excluding hydrogens is 270 g/mol. The normalized spacial score (nSPS) is 21.8. The second-order valence-corrected chi connectivity index (χ2v) is 5.91. The molecule has 0 spiro atoms. The van der Waals surface area contributed by atoms with Crippen LogP contribution in [-0.2, 0) is 11.3 Å². The Balaban J connectivity index is 2.11. The highest BCUT2D eigenvalue weighted by Gasteiger charge is 2.41. The van der Waals surface area contributed by atoms with E-state index in [0.717, 1.165) is 12.1 Å². The standard InChI is InChI=1S/C14H23N5O2/c1-10-11(8-17-19(10)6-3-5-15)12(20)18-7-4-14(2,9-18)13(16)21/h8H,3-7,9,15H2,1-2H3,(H2,16,21). The van der Waals surface area contributed by atoms with Crippen LogP contribution in [0.4, 0.5) is 0 Å². The zero-order valence-corrected chi connectivity index (χ0v) is 12.6. The van der Waals surface area contributed by atoms with Gasteiger partial charge < -0.3 is 16.4 Å². The quantitative estimate of drug-likeness (QED) is 0.789. The largest absolute Gasteiger partial charge is 0.369 e. The van der Waals surface area contributed by atoms with Crippen LogP contribution in [0.1, 0.15) is 35.8 Å². The molecule has 0 aromatic carbocycles. The third-order valence-electron chi connectivity index (χ3n) is 4.26. The molecule has 7 heteroatoms. The van der Waals surface area contributed by atoms with Crippen LogP contribution in [0.15, 0.2) is 6.20 Å². The van der Waals surface area contributed by atoms with E-state index in [1.807, 2.05) is 6.92 Å². The maximum absolute atomic E-state index is 12.6. The van der Waals surface area contributed by atoms with Crippen LogP contribution in [-0.4, -0.2) is 46.1 Å². The Morgan fingerprint density at radius 2 is 2.19 bits per heavy atom. The first-order valence-corrected chi connectivity index (χ1v) is 7.21. The van der Waals surface area contributed by atoms with Gasteiger partial charge in [-0.2, -0.15) is 5.10 Å². The van der Waals surface area contributed by atoms with Crippen LogP contribution in [0, 0.1) is 12.3 Å². The van der Waals surface area contributed by atoms with E-state index in [9.17, 15) is 9.59 Å². The van der Waals surface area contributed by atoms with Crippen molar-refractivity contribution < 1.29 is 9.59 Å². The molecule has 2 heterocycles. The first-order chi connectivity index (χ1) is 9.89. The van der Waals surface area contributed by atoms with Crippen molar-refractivity contribution in [2.75, 3.05) is 19.6 Å². The summed E-state index contributed by atoms with van der Waals surface area (Å²) < 4.78 is 1.80. The number of rotatable bonds is 5. The molecular formula is C14H23N5O2.